The van der Waals surface area contributed by atoms with Crippen molar-refractivity contribution in [3.63, 3.8) is 0 Å². The first-order chi connectivity index (χ1) is 8.47. The third-order valence-electron chi connectivity index (χ3n) is 2.15. The Morgan fingerprint density at radius 1 is 1.17 bits per heavy atom. The largest absolute Gasteiger partial charge is 0.478 e. The first kappa shape index (κ1) is 13.4. The normalized spacial score (nSPS) is 9.56. The van der Waals surface area contributed by atoms with Crippen molar-refractivity contribution < 1.29 is 24.6 Å². The average Bonchev–Trinajstić information content (AvgIpc) is 2.34. The number of nitrogens with one attached hydrogen (secondary N) is 1. The summed E-state index contributed by atoms with van der Waals surface area (Å²) < 4.78 is 0. The molecular weight excluding hydrogens is 238 g/mol. The topological polar surface area (TPSA) is 104 Å². The van der Waals surface area contributed by atoms with Crippen molar-refractivity contribution in [2.75, 3.05) is 6.54 Å². The van der Waals surface area contributed by atoms with E-state index in [0.29, 0.717) is 0 Å². The summed E-state index contributed by atoms with van der Waals surface area (Å²) in [6, 6.07) is 3.30. The highest BCUT2D eigenvalue weighted by atomic mass is 16.4. The van der Waals surface area contributed by atoms with Gasteiger partial charge in [0, 0.05) is 6.54 Å². The Bertz CT molecular complexity index is 521. The van der Waals surface area contributed by atoms with Crippen LogP contribution in [-0.2, 0) is 0 Å². The lowest BCUT2D eigenvalue weighted by Crippen LogP contribution is -2.25. The maximum atomic E-state index is 11.6. The van der Waals surface area contributed by atoms with Crippen molar-refractivity contribution in [3.8, 4) is 0 Å². The molecule has 0 saturated carbocycles. The molecule has 94 valence electrons. The van der Waals surface area contributed by atoms with E-state index in [1.807, 2.05) is 0 Å². The van der Waals surface area contributed by atoms with Crippen LogP contribution in [0.25, 0.3) is 0 Å². The quantitative estimate of drug-likeness (QED) is 0.675. The fraction of sp³-hybridized carbons (Fsp3) is 0.0833. The molecule has 0 saturated heterocycles. The number of carboxylic acid groups (broad SMARTS) is 2. The monoisotopic (exact) mass is 249 g/mol. The Labute approximate surface area is 103 Å². The maximum Gasteiger partial charge on any atom is 0.336 e. The number of aromatic carboxylic acids is 2. The van der Waals surface area contributed by atoms with Crippen molar-refractivity contribution in [2.45, 2.75) is 0 Å². The number of carboxylic acids is 2. The van der Waals surface area contributed by atoms with Crippen molar-refractivity contribution in [3.05, 3.63) is 47.5 Å². The minimum absolute atomic E-state index is 0.0886. The minimum Gasteiger partial charge on any atom is -0.478 e. The highest BCUT2D eigenvalue weighted by molar-refractivity contribution is 6.06. The summed E-state index contributed by atoms with van der Waals surface area (Å²) in [4.78, 5) is 33.3. The van der Waals surface area contributed by atoms with Gasteiger partial charge in [0.1, 0.15) is 0 Å². The highest BCUT2D eigenvalue weighted by Gasteiger charge is 2.18. The second-order valence-corrected chi connectivity index (χ2v) is 3.37. The summed E-state index contributed by atoms with van der Waals surface area (Å²) >= 11 is 0. The highest BCUT2D eigenvalue weighted by Crippen LogP contribution is 2.12. The van der Waals surface area contributed by atoms with Gasteiger partial charge in [0.15, 0.2) is 0 Å². The zero-order chi connectivity index (χ0) is 13.7. The van der Waals surface area contributed by atoms with Crippen molar-refractivity contribution >= 4 is 17.8 Å². The summed E-state index contributed by atoms with van der Waals surface area (Å²) in [5, 5.41) is 20.1. The zero-order valence-electron chi connectivity index (χ0n) is 9.34. The lowest BCUT2D eigenvalue weighted by atomic mass is 10.0. The molecule has 0 heterocycles. The molecule has 0 spiro atoms. The van der Waals surface area contributed by atoms with Crippen LogP contribution in [0.15, 0.2) is 30.9 Å². The van der Waals surface area contributed by atoms with E-state index in [1.54, 1.807) is 0 Å². The van der Waals surface area contributed by atoms with Crippen LogP contribution in [0, 0.1) is 0 Å². The summed E-state index contributed by atoms with van der Waals surface area (Å²) in [5.74, 6) is -3.21. The lowest BCUT2D eigenvalue weighted by molar-refractivity contribution is 0.0691. The van der Waals surface area contributed by atoms with Gasteiger partial charge in [0.2, 0.25) is 0 Å². The number of hydrogen-bond donors (Lipinski definition) is 3. The molecule has 3 N–H and O–H groups in total. The summed E-state index contributed by atoms with van der Waals surface area (Å²) in [7, 11) is 0. The van der Waals surface area contributed by atoms with Crippen LogP contribution in [0.4, 0.5) is 0 Å². The van der Waals surface area contributed by atoms with E-state index in [4.69, 9.17) is 10.2 Å². The molecule has 0 fully saturated rings. The van der Waals surface area contributed by atoms with E-state index in [0.717, 1.165) is 6.07 Å². The molecule has 1 aromatic rings. The van der Waals surface area contributed by atoms with Crippen LogP contribution in [0.1, 0.15) is 31.1 Å². The van der Waals surface area contributed by atoms with Crippen molar-refractivity contribution in [1.82, 2.24) is 5.32 Å². The Morgan fingerprint density at radius 3 is 2.33 bits per heavy atom. The van der Waals surface area contributed by atoms with E-state index in [-0.39, 0.29) is 23.2 Å². The molecule has 0 unspecified atom stereocenters. The van der Waals surface area contributed by atoms with Gasteiger partial charge in [0.25, 0.3) is 5.91 Å². The second kappa shape index (κ2) is 5.62. The number of carbonyl (C=O) groups is 3. The summed E-state index contributed by atoms with van der Waals surface area (Å²) in [5.41, 5.74) is -0.626. The number of hydrogen-bond acceptors (Lipinski definition) is 3. The molecular formula is C12H11NO5. The van der Waals surface area contributed by atoms with Crippen LogP contribution < -0.4 is 5.32 Å². The molecule has 0 aromatic heterocycles. The van der Waals surface area contributed by atoms with E-state index in [9.17, 15) is 14.4 Å². The molecule has 1 rings (SSSR count). The Hall–Kier alpha value is -2.63. The first-order valence-corrected chi connectivity index (χ1v) is 4.97. The van der Waals surface area contributed by atoms with Gasteiger partial charge in [-0.25, -0.2) is 9.59 Å². The van der Waals surface area contributed by atoms with Gasteiger partial charge in [-0.15, -0.1) is 6.58 Å². The number of benzene rings is 1. The average molecular weight is 249 g/mol. The molecule has 0 aliphatic heterocycles. The van der Waals surface area contributed by atoms with Crippen LogP contribution >= 0.6 is 0 Å². The predicted molar refractivity (Wildman–Crippen MR) is 62.9 cm³/mol. The Kier molecular flexibility index (Phi) is 4.20. The number of carbonyl (C=O) groups excluding carboxylic acids is 1. The molecule has 0 atom stereocenters. The van der Waals surface area contributed by atoms with Gasteiger partial charge in [-0.2, -0.15) is 0 Å². The van der Waals surface area contributed by atoms with Gasteiger partial charge in [-0.3, -0.25) is 4.79 Å². The SMILES string of the molecule is C=CCNC(=O)c1ccc(C(=O)O)cc1C(=O)O. The molecule has 0 aliphatic carbocycles. The molecule has 1 aromatic carbocycles. The minimum atomic E-state index is -1.36. The van der Waals surface area contributed by atoms with Gasteiger partial charge < -0.3 is 15.5 Å². The van der Waals surface area contributed by atoms with Gasteiger partial charge >= 0.3 is 11.9 Å². The molecule has 0 aliphatic rings. The lowest BCUT2D eigenvalue weighted by Gasteiger charge is -2.07. The van der Waals surface area contributed by atoms with E-state index >= 15 is 0 Å². The Morgan fingerprint density at radius 2 is 1.83 bits per heavy atom. The predicted octanol–water partition coefficient (Wildman–Crippen LogP) is 0.999. The fourth-order valence-corrected chi connectivity index (χ4v) is 1.31. The van der Waals surface area contributed by atoms with Crippen LogP contribution in [0.2, 0.25) is 0 Å². The molecule has 6 heteroatoms. The number of rotatable bonds is 5. The van der Waals surface area contributed by atoms with Crippen LogP contribution in [0.3, 0.4) is 0 Å². The zero-order valence-corrected chi connectivity index (χ0v) is 9.34. The molecule has 0 bridgehead atoms. The fourth-order valence-electron chi connectivity index (χ4n) is 1.31. The first-order valence-electron chi connectivity index (χ1n) is 4.97. The summed E-state index contributed by atoms with van der Waals surface area (Å²) in [6.07, 6.45) is 1.45. The standard InChI is InChI=1S/C12H11NO5/c1-2-5-13-10(14)8-4-3-7(11(15)16)6-9(8)12(17)18/h2-4,6H,1,5H2,(H,13,14)(H,15,16)(H,17,18). The molecule has 0 radical (unpaired) electrons. The van der Waals surface area contributed by atoms with E-state index in [2.05, 4.69) is 11.9 Å². The van der Waals surface area contributed by atoms with Crippen molar-refractivity contribution in [2.24, 2.45) is 0 Å². The van der Waals surface area contributed by atoms with Gasteiger partial charge in [-0.1, -0.05) is 6.08 Å². The maximum absolute atomic E-state index is 11.6. The van der Waals surface area contributed by atoms with Crippen molar-refractivity contribution in [1.29, 1.82) is 0 Å². The second-order valence-electron chi connectivity index (χ2n) is 3.37. The van der Waals surface area contributed by atoms with Gasteiger partial charge in [-0.05, 0) is 18.2 Å². The van der Waals surface area contributed by atoms with E-state index < -0.39 is 17.8 Å². The van der Waals surface area contributed by atoms with Crippen LogP contribution in [0.5, 0.6) is 0 Å². The molecule has 1 amide bonds. The van der Waals surface area contributed by atoms with Gasteiger partial charge in [0.05, 0.1) is 16.7 Å². The number of amides is 1. The third kappa shape index (κ3) is 2.94. The van der Waals surface area contributed by atoms with E-state index in [1.165, 1.54) is 18.2 Å². The molecule has 18 heavy (non-hydrogen) atoms. The third-order valence-corrected chi connectivity index (χ3v) is 2.15. The molecule has 6 nitrogen and oxygen atoms in total. The summed E-state index contributed by atoms with van der Waals surface area (Å²) in [6.45, 7) is 3.61. The smallest absolute Gasteiger partial charge is 0.336 e. The van der Waals surface area contributed by atoms with Crippen LogP contribution in [-0.4, -0.2) is 34.6 Å². The Balaban J connectivity index is 3.19.